The van der Waals surface area contributed by atoms with Crippen molar-refractivity contribution >= 4 is 0 Å². The Kier molecular flexibility index (Phi) is 2.37. The molecule has 0 atom stereocenters. The van der Waals surface area contributed by atoms with E-state index in [2.05, 4.69) is 23.0 Å². The fourth-order valence-corrected chi connectivity index (χ4v) is 1.23. The predicted molar refractivity (Wildman–Crippen MR) is 50.0 cm³/mol. The summed E-state index contributed by atoms with van der Waals surface area (Å²) in [4.78, 5) is 8.08. The van der Waals surface area contributed by atoms with Crippen LogP contribution in [0.15, 0.2) is 6.20 Å². The molecule has 0 aromatic carbocycles. The first-order valence-electron chi connectivity index (χ1n) is 4.60. The average Bonchev–Trinajstić information content (AvgIpc) is 2.12. The third kappa shape index (κ3) is 2.01. The number of rotatable bonds is 3. The third-order valence-corrected chi connectivity index (χ3v) is 2.16. The van der Waals surface area contributed by atoms with Gasteiger partial charge in [-0.1, -0.05) is 6.92 Å². The van der Waals surface area contributed by atoms with Gasteiger partial charge in [-0.15, -0.1) is 0 Å². The minimum absolute atomic E-state index is 0.136. The Hall–Kier alpha value is -1.16. The van der Waals surface area contributed by atoms with E-state index >= 15 is 0 Å². The molecule has 1 saturated heterocycles. The minimum Gasteiger partial charge on any atom is -0.463 e. The minimum atomic E-state index is 0.136. The molecule has 1 aromatic heterocycles. The summed E-state index contributed by atoms with van der Waals surface area (Å²) >= 11 is 0. The highest BCUT2D eigenvalue weighted by Gasteiger charge is 2.34. The highest BCUT2D eigenvalue weighted by Crippen LogP contribution is 2.26. The number of hydrogen-bond donors (Lipinski definition) is 0. The standard InChI is InChI=1S/C10H13N2O2/c1-8-3-4-11-9(12-8)14-7-10(2)5-13-6-10/h4H,5-7H2,1-2H3. The SMILES string of the molecule is Cc1[c]cnc(OCC2(C)COC2)n1. The summed E-state index contributed by atoms with van der Waals surface area (Å²) in [5, 5.41) is 0. The maximum atomic E-state index is 5.47. The van der Waals surface area contributed by atoms with E-state index in [-0.39, 0.29) is 5.41 Å². The van der Waals surface area contributed by atoms with E-state index in [1.165, 1.54) is 0 Å². The van der Waals surface area contributed by atoms with E-state index in [4.69, 9.17) is 9.47 Å². The van der Waals surface area contributed by atoms with Crippen LogP contribution in [-0.4, -0.2) is 29.8 Å². The van der Waals surface area contributed by atoms with Gasteiger partial charge >= 0.3 is 6.01 Å². The molecule has 75 valence electrons. The number of ether oxygens (including phenoxy) is 2. The fraction of sp³-hybridized carbons (Fsp3) is 0.600. The summed E-state index contributed by atoms with van der Waals surface area (Å²) in [6.07, 6.45) is 1.58. The van der Waals surface area contributed by atoms with Gasteiger partial charge in [0.05, 0.1) is 18.9 Å². The van der Waals surface area contributed by atoms with E-state index in [9.17, 15) is 0 Å². The lowest BCUT2D eigenvalue weighted by Crippen LogP contribution is -2.44. The van der Waals surface area contributed by atoms with Crippen LogP contribution < -0.4 is 4.74 Å². The Labute approximate surface area is 83.3 Å². The van der Waals surface area contributed by atoms with Crippen molar-refractivity contribution in [3.63, 3.8) is 0 Å². The topological polar surface area (TPSA) is 44.2 Å². The Morgan fingerprint density at radius 1 is 1.64 bits per heavy atom. The monoisotopic (exact) mass is 193 g/mol. The molecule has 1 aliphatic heterocycles. The molecule has 0 aliphatic carbocycles. The molecule has 2 heterocycles. The van der Waals surface area contributed by atoms with Crippen LogP contribution in [0.3, 0.4) is 0 Å². The summed E-state index contributed by atoms with van der Waals surface area (Å²) < 4.78 is 10.6. The molecule has 14 heavy (non-hydrogen) atoms. The first-order valence-corrected chi connectivity index (χ1v) is 4.60. The molecule has 1 fully saturated rings. The second-order valence-electron chi connectivity index (χ2n) is 3.97. The number of hydrogen-bond acceptors (Lipinski definition) is 4. The first-order chi connectivity index (χ1) is 6.68. The number of aromatic nitrogens is 2. The van der Waals surface area contributed by atoms with Crippen molar-refractivity contribution in [2.75, 3.05) is 19.8 Å². The lowest BCUT2D eigenvalue weighted by atomic mass is 9.90. The molecule has 0 amide bonds. The second-order valence-corrected chi connectivity index (χ2v) is 3.97. The van der Waals surface area contributed by atoms with Crippen molar-refractivity contribution in [2.45, 2.75) is 13.8 Å². The van der Waals surface area contributed by atoms with Crippen LogP contribution in [0.2, 0.25) is 0 Å². The molecule has 0 spiro atoms. The molecule has 1 aliphatic rings. The van der Waals surface area contributed by atoms with Gasteiger partial charge in [0.1, 0.15) is 6.61 Å². The fourth-order valence-electron chi connectivity index (χ4n) is 1.23. The molecule has 1 aromatic rings. The van der Waals surface area contributed by atoms with Crippen molar-refractivity contribution in [2.24, 2.45) is 5.41 Å². The Morgan fingerprint density at radius 2 is 2.43 bits per heavy atom. The summed E-state index contributed by atoms with van der Waals surface area (Å²) in [5.41, 5.74) is 0.932. The van der Waals surface area contributed by atoms with Gasteiger partial charge in [-0.3, -0.25) is 0 Å². The van der Waals surface area contributed by atoms with Crippen LogP contribution in [0.4, 0.5) is 0 Å². The largest absolute Gasteiger partial charge is 0.463 e. The van der Waals surface area contributed by atoms with Gasteiger partial charge in [0.15, 0.2) is 0 Å². The zero-order chi connectivity index (χ0) is 10.0. The van der Waals surface area contributed by atoms with Crippen molar-refractivity contribution in [1.82, 2.24) is 9.97 Å². The summed E-state index contributed by atoms with van der Waals surface area (Å²) in [6.45, 7) is 6.10. The van der Waals surface area contributed by atoms with E-state index in [1.807, 2.05) is 6.92 Å². The van der Waals surface area contributed by atoms with E-state index in [0.29, 0.717) is 12.6 Å². The molecule has 0 N–H and O–H groups in total. The predicted octanol–water partition coefficient (Wildman–Crippen LogP) is 1.00. The lowest BCUT2D eigenvalue weighted by Gasteiger charge is -2.37. The molecule has 4 heteroatoms. The summed E-state index contributed by atoms with van der Waals surface area (Å²) in [5.74, 6) is 0. The Morgan fingerprint density at radius 3 is 3.00 bits per heavy atom. The zero-order valence-electron chi connectivity index (χ0n) is 8.41. The van der Waals surface area contributed by atoms with Crippen molar-refractivity contribution < 1.29 is 9.47 Å². The van der Waals surface area contributed by atoms with Crippen LogP contribution >= 0.6 is 0 Å². The molecule has 0 saturated carbocycles. The zero-order valence-corrected chi connectivity index (χ0v) is 8.41. The molecule has 1 radical (unpaired) electrons. The van der Waals surface area contributed by atoms with Crippen LogP contribution in [0.1, 0.15) is 12.6 Å². The van der Waals surface area contributed by atoms with E-state index < -0.39 is 0 Å². The maximum Gasteiger partial charge on any atom is 0.316 e. The van der Waals surface area contributed by atoms with Crippen molar-refractivity contribution in [1.29, 1.82) is 0 Å². The van der Waals surface area contributed by atoms with Gasteiger partial charge in [0, 0.05) is 17.7 Å². The Bertz CT molecular complexity index is 324. The quantitative estimate of drug-likeness (QED) is 0.718. The van der Waals surface area contributed by atoms with Crippen LogP contribution in [0.5, 0.6) is 6.01 Å². The molecule has 0 bridgehead atoms. The van der Waals surface area contributed by atoms with Crippen molar-refractivity contribution in [3.8, 4) is 6.01 Å². The summed E-state index contributed by atoms with van der Waals surface area (Å²) in [6, 6.07) is 3.30. The van der Waals surface area contributed by atoms with Crippen molar-refractivity contribution in [3.05, 3.63) is 18.0 Å². The molecule has 0 unspecified atom stereocenters. The smallest absolute Gasteiger partial charge is 0.316 e. The van der Waals surface area contributed by atoms with E-state index in [0.717, 1.165) is 18.9 Å². The van der Waals surface area contributed by atoms with Gasteiger partial charge in [-0.2, -0.15) is 4.98 Å². The van der Waals surface area contributed by atoms with Gasteiger partial charge in [-0.25, -0.2) is 4.98 Å². The highest BCUT2D eigenvalue weighted by molar-refractivity contribution is 5.01. The lowest BCUT2D eigenvalue weighted by molar-refractivity contribution is -0.121. The first kappa shape index (κ1) is 9.40. The normalized spacial score (nSPS) is 18.7. The third-order valence-electron chi connectivity index (χ3n) is 2.16. The number of nitrogens with zero attached hydrogens (tertiary/aromatic N) is 2. The van der Waals surface area contributed by atoms with Gasteiger partial charge in [0.25, 0.3) is 0 Å². The highest BCUT2D eigenvalue weighted by atomic mass is 16.5. The Balaban J connectivity index is 1.91. The van der Waals surface area contributed by atoms with Crippen LogP contribution in [0, 0.1) is 18.4 Å². The molecular weight excluding hydrogens is 180 g/mol. The van der Waals surface area contributed by atoms with Gasteiger partial charge in [0.2, 0.25) is 0 Å². The van der Waals surface area contributed by atoms with Crippen LogP contribution in [0.25, 0.3) is 0 Å². The second kappa shape index (κ2) is 3.53. The maximum absolute atomic E-state index is 5.47. The molecular formula is C10H13N2O2. The number of aryl methyl sites for hydroxylation is 1. The molecule has 4 nitrogen and oxygen atoms in total. The van der Waals surface area contributed by atoms with Crippen LogP contribution in [-0.2, 0) is 4.74 Å². The van der Waals surface area contributed by atoms with Gasteiger partial charge < -0.3 is 9.47 Å². The molecule has 2 rings (SSSR count). The van der Waals surface area contributed by atoms with E-state index in [1.54, 1.807) is 6.20 Å². The summed E-state index contributed by atoms with van der Waals surface area (Å²) in [7, 11) is 0. The van der Waals surface area contributed by atoms with Gasteiger partial charge in [-0.05, 0) is 6.92 Å². The average molecular weight is 193 g/mol.